The van der Waals surface area contributed by atoms with Crippen LogP contribution < -0.4 is 0 Å². The van der Waals surface area contributed by atoms with Crippen LogP contribution in [-0.4, -0.2) is 26.4 Å². The summed E-state index contributed by atoms with van der Waals surface area (Å²) in [6, 6.07) is 1.74. The van der Waals surface area contributed by atoms with Crippen LogP contribution in [-0.2, 0) is 5.41 Å². The third kappa shape index (κ3) is 4.45. The van der Waals surface area contributed by atoms with Gasteiger partial charge in [-0.25, -0.2) is 9.97 Å². The Labute approximate surface area is 112 Å². The average molecular weight is 275 g/mol. The summed E-state index contributed by atoms with van der Waals surface area (Å²) < 4.78 is 0. The van der Waals surface area contributed by atoms with E-state index in [1.807, 2.05) is 27.7 Å². The van der Waals surface area contributed by atoms with Crippen LogP contribution in [0.25, 0.3) is 0 Å². The van der Waals surface area contributed by atoms with Crippen molar-refractivity contribution in [1.82, 2.24) is 9.97 Å². The van der Waals surface area contributed by atoms with Crippen molar-refractivity contribution in [2.24, 2.45) is 0 Å². The number of aliphatic hydroxyl groups is 1. The first-order valence-electron chi connectivity index (χ1n) is 5.60. The number of halogens is 1. The zero-order valence-electron chi connectivity index (χ0n) is 10.9. The van der Waals surface area contributed by atoms with Crippen molar-refractivity contribution >= 4 is 23.4 Å². The van der Waals surface area contributed by atoms with Gasteiger partial charge in [0.2, 0.25) is 0 Å². The van der Waals surface area contributed by atoms with Gasteiger partial charge in [-0.15, -0.1) is 11.8 Å². The van der Waals surface area contributed by atoms with Gasteiger partial charge in [0.05, 0.1) is 6.10 Å². The minimum absolute atomic E-state index is 0.0776. The fourth-order valence-corrected chi connectivity index (χ4v) is 2.23. The van der Waals surface area contributed by atoms with Crippen molar-refractivity contribution in [1.29, 1.82) is 0 Å². The minimum Gasteiger partial charge on any atom is -0.392 e. The fourth-order valence-electron chi connectivity index (χ4n) is 1.08. The van der Waals surface area contributed by atoms with E-state index in [1.54, 1.807) is 13.0 Å². The summed E-state index contributed by atoms with van der Waals surface area (Å²) in [6.45, 7) is 9.87. The molecule has 1 heterocycles. The van der Waals surface area contributed by atoms with Crippen molar-refractivity contribution in [2.45, 2.75) is 56.4 Å². The molecular formula is C12H19ClN2OS. The fraction of sp³-hybridized carbons (Fsp3) is 0.667. The van der Waals surface area contributed by atoms with Crippen LogP contribution in [0.3, 0.4) is 0 Å². The molecule has 17 heavy (non-hydrogen) atoms. The third-order valence-electron chi connectivity index (χ3n) is 2.33. The lowest BCUT2D eigenvalue weighted by Gasteiger charge is -2.19. The van der Waals surface area contributed by atoms with Gasteiger partial charge in [0.1, 0.15) is 16.0 Å². The summed E-state index contributed by atoms with van der Waals surface area (Å²) in [7, 11) is 0. The highest BCUT2D eigenvalue weighted by Crippen LogP contribution is 2.28. The van der Waals surface area contributed by atoms with Gasteiger partial charge in [-0.1, -0.05) is 39.3 Å². The molecule has 0 fully saturated rings. The Hall–Kier alpha value is -0.320. The van der Waals surface area contributed by atoms with E-state index in [9.17, 15) is 5.11 Å². The van der Waals surface area contributed by atoms with E-state index in [4.69, 9.17) is 11.6 Å². The molecule has 0 aliphatic rings. The quantitative estimate of drug-likeness (QED) is 0.679. The Morgan fingerprint density at radius 2 is 1.88 bits per heavy atom. The van der Waals surface area contributed by atoms with E-state index < -0.39 is 0 Å². The Morgan fingerprint density at radius 1 is 1.29 bits per heavy atom. The third-order valence-corrected chi connectivity index (χ3v) is 3.74. The summed E-state index contributed by atoms with van der Waals surface area (Å²) >= 11 is 7.50. The highest BCUT2D eigenvalue weighted by molar-refractivity contribution is 7.99. The maximum atomic E-state index is 9.48. The number of hydrogen-bond acceptors (Lipinski definition) is 4. The van der Waals surface area contributed by atoms with Crippen LogP contribution in [0.4, 0.5) is 0 Å². The molecule has 0 aliphatic carbocycles. The standard InChI is InChI=1S/C12H19ClN2OS/c1-7(16)8(2)17-10-6-9(13)14-11(15-10)12(3,4)5/h6-8,16H,1-5H3. The molecule has 1 aromatic heterocycles. The molecule has 2 unspecified atom stereocenters. The monoisotopic (exact) mass is 274 g/mol. The summed E-state index contributed by atoms with van der Waals surface area (Å²) in [4.78, 5) is 8.72. The topological polar surface area (TPSA) is 46.0 Å². The lowest BCUT2D eigenvalue weighted by Crippen LogP contribution is -2.18. The van der Waals surface area contributed by atoms with Gasteiger partial charge in [0.25, 0.3) is 0 Å². The van der Waals surface area contributed by atoms with Crippen LogP contribution in [0.15, 0.2) is 11.1 Å². The maximum Gasteiger partial charge on any atom is 0.136 e. The predicted octanol–water partition coefficient (Wildman–Crippen LogP) is 3.29. The molecule has 1 N–H and O–H groups in total. The summed E-state index contributed by atoms with van der Waals surface area (Å²) in [6.07, 6.45) is -0.383. The molecule has 0 saturated carbocycles. The van der Waals surface area contributed by atoms with Crippen molar-refractivity contribution in [3.05, 3.63) is 17.0 Å². The second-order valence-corrected chi connectivity index (χ2v) is 6.95. The molecule has 1 rings (SSSR count). The Morgan fingerprint density at radius 3 is 2.35 bits per heavy atom. The van der Waals surface area contributed by atoms with Gasteiger partial charge < -0.3 is 5.11 Å². The summed E-state index contributed by atoms with van der Waals surface area (Å²) in [5.74, 6) is 0.727. The molecule has 0 amide bonds. The Kier molecular flexibility index (Phi) is 4.81. The predicted molar refractivity (Wildman–Crippen MR) is 72.7 cm³/mol. The van der Waals surface area contributed by atoms with E-state index in [-0.39, 0.29) is 16.8 Å². The zero-order chi connectivity index (χ0) is 13.2. The largest absolute Gasteiger partial charge is 0.392 e. The maximum absolute atomic E-state index is 9.48. The van der Waals surface area contributed by atoms with E-state index in [0.29, 0.717) is 5.15 Å². The molecule has 0 radical (unpaired) electrons. The molecular weight excluding hydrogens is 256 g/mol. The number of aromatic nitrogens is 2. The van der Waals surface area contributed by atoms with Crippen molar-refractivity contribution in [3.63, 3.8) is 0 Å². The van der Waals surface area contributed by atoms with E-state index >= 15 is 0 Å². The number of aliphatic hydroxyl groups excluding tert-OH is 1. The van der Waals surface area contributed by atoms with Crippen LogP contribution >= 0.6 is 23.4 Å². The molecule has 0 saturated heterocycles. The number of hydrogen-bond donors (Lipinski definition) is 1. The first kappa shape index (κ1) is 14.7. The van der Waals surface area contributed by atoms with Crippen LogP contribution in [0, 0.1) is 0 Å². The van der Waals surface area contributed by atoms with Gasteiger partial charge in [0, 0.05) is 16.7 Å². The molecule has 96 valence electrons. The van der Waals surface area contributed by atoms with Gasteiger partial charge in [-0.05, 0) is 6.92 Å². The average Bonchev–Trinajstić information content (AvgIpc) is 2.15. The molecule has 0 bridgehead atoms. The van der Waals surface area contributed by atoms with E-state index in [2.05, 4.69) is 9.97 Å². The number of rotatable bonds is 3. The first-order valence-corrected chi connectivity index (χ1v) is 6.85. The highest BCUT2D eigenvalue weighted by atomic mass is 35.5. The molecule has 0 aromatic carbocycles. The molecule has 0 spiro atoms. The molecule has 2 atom stereocenters. The smallest absolute Gasteiger partial charge is 0.136 e. The summed E-state index contributed by atoms with van der Waals surface area (Å²) in [5, 5.41) is 10.8. The van der Waals surface area contributed by atoms with Crippen molar-refractivity contribution < 1.29 is 5.11 Å². The van der Waals surface area contributed by atoms with E-state index in [1.165, 1.54) is 11.8 Å². The van der Waals surface area contributed by atoms with Gasteiger partial charge in [-0.3, -0.25) is 0 Å². The Balaban J connectivity index is 2.98. The molecule has 3 nitrogen and oxygen atoms in total. The molecule has 5 heteroatoms. The lowest BCUT2D eigenvalue weighted by atomic mass is 9.96. The number of nitrogens with zero attached hydrogens (tertiary/aromatic N) is 2. The van der Waals surface area contributed by atoms with Crippen molar-refractivity contribution in [3.8, 4) is 0 Å². The second-order valence-electron chi connectivity index (χ2n) is 5.17. The van der Waals surface area contributed by atoms with Crippen LogP contribution in [0.5, 0.6) is 0 Å². The van der Waals surface area contributed by atoms with Crippen molar-refractivity contribution in [2.75, 3.05) is 0 Å². The van der Waals surface area contributed by atoms with Gasteiger partial charge >= 0.3 is 0 Å². The summed E-state index contributed by atoms with van der Waals surface area (Å²) in [5.41, 5.74) is -0.131. The van der Waals surface area contributed by atoms with Gasteiger partial charge in [-0.2, -0.15) is 0 Å². The first-order chi connectivity index (χ1) is 7.70. The number of thioether (sulfide) groups is 1. The molecule has 0 aliphatic heterocycles. The van der Waals surface area contributed by atoms with Crippen LogP contribution in [0.1, 0.15) is 40.4 Å². The highest BCUT2D eigenvalue weighted by Gasteiger charge is 2.20. The molecule has 1 aromatic rings. The van der Waals surface area contributed by atoms with Crippen LogP contribution in [0.2, 0.25) is 5.15 Å². The Bertz CT molecular complexity index is 391. The normalized spacial score (nSPS) is 15.7. The zero-order valence-corrected chi connectivity index (χ0v) is 12.4. The minimum atomic E-state index is -0.383. The van der Waals surface area contributed by atoms with E-state index in [0.717, 1.165) is 10.9 Å². The second kappa shape index (κ2) is 5.55. The SMILES string of the molecule is CC(O)C(C)Sc1cc(Cl)nc(C(C)(C)C)n1. The van der Waals surface area contributed by atoms with Gasteiger partial charge in [0.15, 0.2) is 0 Å². The lowest BCUT2D eigenvalue weighted by molar-refractivity contribution is 0.196.